The van der Waals surface area contributed by atoms with Crippen LogP contribution in [0.1, 0.15) is 22.3 Å². The predicted molar refractivity (Wildman–Crippen MR) is 92.7 cm³/mol. The van der Waals surface area contributed by atoms with Gasteiger partial charge in [0, 0.05) is 25.4 Å². The van der Waals surface area contributed by atoms with Gasteiger partial charge in [-0.2, -0.15) is 13.2 Å². The largest absolute Gasteiger partial charge is 0.417 e. The Bertz CT molecular complexity index is 677. The lowest BCUT2D eigenvalue weighted by molar-refractivity contribution is -0.138. The Hall–Kier alpha value is -1.74. The van der Waals surface area contributed by atoms with Crippen molar-refractivity contribution in [3.05, 3.63) is 35.4 Å². The minimum atomic E-state index is -4.58. The molecule has 2 N–H and O–H groups in total. The van der Waals surface area contributed by atoms with Gasteiger partial charge in [0.05, 0.1) is 23.0 Å². The number of halogens is 3. The third-order valence-electron chi connectivity index (χ3n) is 4.61. The highest BCUT2D eigenvalue weighted by Gasteiger charge is 2.36. The van der Waals surface area contributed by atoms with Gasteiger partial charge in [0.1, 0.15) is 0 Å². The van der Waals surface area contributed by atoms with Gasteiger partial charge in [-0.1, -0.05) is 12.1 Å². The maximum absolute atomic E-state index is 13.0. The number of carbonyl (C=O) groups excluding carboxylic acids is 2. The molecule has 0 unspecified atom stereocenters. The van der Waals surface area contributed by atoms with Crippen LogP contribution >= 0.6 is 11.8 Å². The Morgan fingerprint density at radius 1 is 1.31 bits per heavy atom. The molecule has 9 heteroatoms. The van der Waals surface area contributed by atoms with Crippen LogP contribution < -0.4 is 10.6 Å². The van der Waals surface area contributed by atoms with Crippen LogP contribution in [0.5, 0.6) is 0 Å². The number of hydrogen-bond acceptors (Lipinski definition) is 4. The van der Waals surface area contributed by atoms with E-state index in [0.29, 0.717) is 18.8 Å². The van der Waals surface area contributed by atoms with E-state index in [1.54, 1.807) is 11.8 Å². The van der Waals surface area contributed by atoms with Crippen molar-refractivity contribution in [1.82, 2.24) is 15.5 Å². The van der Waals surface area contributed by atoms with Crippen LogP contribution in [0.25, 0.3) is 0 Å². The molecule has 1 aromatic carbocycles. The fourth-order valence-electron chi connectivity index (χ4n) is 3.22. The van der Waals surface area contributed by atoms with Gasteiger partial charge in [0.15, 0.2) is 0 Å². The number of hydrogen-bond donors (Lipinski definition) is 2. The highest BCUT2D eigenvalue weighted by molar-refractivity contribution is 7.99. The Labute approximate surface area is 153 Å². The van der Waals surface area contributed by atoms with E-state index in [2.05, 4.69) is 10.6 Å². The van der Waals surface area contributed by atoms with Crippen LogP contribution in [-0.2, 0) is 11.0 Å². The van der Waals surface area contributed by atoms with E-state index >= 15 is 0 Å². The van der Waals surface area contributed by atoms with Crippen LogP contribution in [-0.4, -0.2) is 54.0 Å². The van der Waals surface area contributed by atoms with Crippen molar-refractivity contribution in [3.63, 3.8) is 0 Å². The summed E-state index contributed by atoms with van der Waals surface area (Å²) < 4.78 is 39.0. The zero-order valence-corrected chi connectivity index (χ0v) is 14.8. The summed E-state index contributed by atoms with van der Waals surface area (Å²) in [6.45, 7) is 1.53. The smallest absolute Gasteiger partial charge is 0.352 e. The van der Waals surface area contributed by atoms with Crippen molar-refractivity contribution in [2.75, 3.05) is 31.3 Å². The molecule has 2 aliphatic heterocycles. The zero-order valence-electron chi connectivity index (χ0n) is 14.0. The molecule has 0 saturated carbocycles. The summed E-state index contributed by atoms with van der Waals surface area (Å²) in [5, 5.41) is 5.73. The molecule has 1 aromatic rings. The van der Waals surface area contributed by atoms with Crippen LogP contribution in [0.2, 0.25) is 0 Å². The van der Waals surface area contributed by atoms with E-state index in [-0.39, 0.29) is 30.0 Å². The number of nitrogens with one attached hydrogen (secondary N) is 2. The predicted octanol–water partition coefficient (Wildman–Crippen LogP) is 1.95. The molecule has 3 rings (SSSR count). The van der Waals surface area contributed by atoms with E-state index in [9.17, 15) is 22.8 Å². The van der Waals surface area contributed by atoms with Crippen LogP contribution in [0.3, 0.4) is 0 Å². The zero-order chi connectivity index (χ0) is 18.7. The molecule has 0 radical (unpaired) electrons. The van der Waals surface area contributed by atoms with E-state index in [1.807, 2.05) is 4.90 Å². The Morgan fingerprint density at radius 3 is 2.77 bits per heavy atom. The van der Waals surface area contributed by atoms with Crippen molar-refractivity contribution in [2.45, 2.75) is 18.6 Å². The van der Waals surface area contributed by atoms with Crippen molar-refractivity contribution in [1.29, 1.82) is 0 Å². The van der Waals surface area contributed by atoms with Crippen molar-refractivity contribution in [3.8, 4) is 0 Å². The van der Waals surface area contributed by atoms with Gasteiger partial charge in [-0.3, -0.25) is 9.59 Å². The Kier molecular flexibility index (Phi) is 5.76. The highest BCUT2D eigenvalue weighted by Crippen LogP contribution is 2.31. The summed E-state index contributed by atoms with van der Waals surface area (Å²) in [6.07, 6.45) is -4.00. The molecule has 0 aliphatic carbocycles. The molecule has 2 heterocycles. The molecule has 2 atom stereocenters. The fourth-order valence-corrected chi connectivity index (χ4v) is 4.18. The first kappa shape index (κ1) is 19.0. The third-order valence-corrected chi connectivity index (χ3v) is 5.58. The van der Waals surface area contributed by atoms with E-state index in [1.165, 1.54) is 18.2 Å². The van der Waals surface area contributed by atoms with Gasteiger partial charge in [0.25, 0.3) is 5.91 Å². The Balaban J connectivity index is 1.54. The standard InChI is InChI=1S/C17H20F3N3O2S/c18-17(19,20)13-4-2-1-3-12(13)15(24)22-9-11-7-14(21-8-11)16(25)23-5-6-26-10-23/h1-4,11,14,21H,5-10H2,(H,22,24)/t11-,14-/m0/s1. The van der Waals surface area contributed by atoms with E-state index < -0.39 is 17.6 Å². The van der Waals surface area contributed by atoms with Crippen LogP contribution in [0.4, 0.5) is 13.2 Å². The number of rotatable bonds is 4. The number of alkyl halides is 3. The molecule has 2 aliphatic rings. The molecule has 2 saturated heterocycles. The first-order chi connectivity index (χ1) is 12.4. The summed E-state index contributed by atoms with van der Waals surface area (Å²) in [7, 11) is 0. The minimum Gasteiger partial charge on any atom is -0.352 e. The van der Waals surface area contributed by atoms with E-state index in [0.717, 1.165) is 18.4 Å². The second-order valence-corrected chi connectivity index (χ2v) is 7.53. The van der Waals surface area contributed by atoms with Gasteiger partial charge >= 0.3 is 6.18 Å². The SMILES string of the molecule is O=C(NC[C@@H]1CN[C@H](C(=O)N2CCSC2)C1)c1ccccc1C(F)(F)F. The summed E-state index contributed by atoms with van der Waals surface area (Å²) in [6, 6.07) is 4.45. The van der Waals surface area contributed by atoms with Gasteiger partial charge < -0.3 is 15.5 Å². The minimum absolute atomic E-state index is 0.0150. The summed E-state index contributed by atoms with van der Waals surface area (Å²) in [5.41, 5.74) is -1.32. The monoisotopic (exact) mass is 387 g/mol. The quantitative estimate of drug-likeness (QED) is 0.829. The van der Waals surface area contributed by atoms with Gasteiger partial charge in [0.2, 0.25) is 5.91 Å². The lowest BCUT2D eigenvalue weighted by atomic mass is 10.0. The molecule has 142 valence electrons. The van der Waals surface area contributed by atoms with Gasteiger partial charge in [-0.05, 0) is 24.5 Å². The second kappa shape index (κ2) is 7.87. The third kappa shape index (κ3) is 4.32. The van der Waals surface area contributed by atoms with Crippen LogP contribution in [0.15, 0.2) is 24.3 Å². The molecule has 26 heavy (non-hydrogen) atoms. The fraction of sp³-hybridized carbons (Fsp3) is 0.529. The molecule has 2 fully saturated rings. The normalized spacial score (nSPS) is 23.3. The average Bonchev–Trinajstić information content (AvgIpc) is 3.30. The molecule has 0 bridgehead atoms. The molecule has 0 spiro atoms. The van der Waals surface area contributed by atoms with E-state index in [4.69, 9.17) is 0 Å². The first-order valence-electron chi connectivity index (χ1n) is 8.40. The van der Waals surface area contributed by atoms with Crippen molar-refractivity contribution in [2.24, 2.45) is 5.92 Å². The topological polar surface area (TPSA) is 61.4 Å². The van der Waals surface area contributed by atoms with Gasteiger partial charge in [-0.25, -0.2) is 0 Å². The molecular formula is C17H20F3N3O2S. The summed E-state index contributed by atoms with van der Waals surface area (Å²) in [4.78, 5) is 26.3. The number of amides is 2. The first-order valence-corrected chi connectivity index (χ1v) is 9.56. The molecule has 0 aromatic heterocycles. The maximum atomic E-state index is 13.0. The van der Waals surface area contributed by atoms with Crippen LogP contribution in [0, 0.1) is 5.92 Å². The summed E-state index contributed by atoms with van der Waals surface area (Å²) >= 11 is 1.71. The lowest BCUT2D eigenvalue weighted by Gasteiger charge is -2.19. The van der Waals surface area contributed by atoms with Gasteiger partial charge in [-0.15, -0.1) is 11.8 Å². The highest BCUT2D eigenvalue weighted by atomic mass is 32.2. The average molecular weight is 387 g/mol. The molecule has 2 amide bonds. The number of benzene rings is 1. The van der Waals surface area contributed by atoms with Crippen molar-refractivity contribution >= 4 is 23.6 Å². The summed E-state index contributed by atoms with van der Waals surface area (Å²) in [5.74, 6) is 0.972. The maximum Gasteiger partial charge on any atom is 0.417 e. The van der Waals surface area contributed by atoms with Crippen molar-refractivity contribution < 1.29 is 22.8 Å². The lowest BCUT2D eigenvalue weighted by Crippen LogP contribution is -2.42. The number of thioether (sulfide) groups is 1. The number of nitrogens with zero attached hydrogens (tertiary/aromatic N) is 1. The molecule has 5 nitrogen and oxygen atoms in total. The second-order valence-electron chi connectivity index (χ2n) is 6.45. The molecular weight excluding hydrogens is 367 g/mol. The number of carbonyl (C=O) groups is 2. The Morgan fingerprint density at radius 2 is 2.08 bits per heavy atom.